The first-order valence-corrected chi connectivity index (χ1v) is 13.1. The highest BCUT2D eigenvalue weighted by molar-refractivity contribution is 7.91. The van der Waals surface area contributed by atoms with Crippen LogP contribution in [-0.4, -0.2) is 81.3 Å². The molecule has 29 heavy (non-hydrogen) atoms. The summed E-state index contributed by atoms with van der Waals surface area (Å²) in [5, 5.41) is 3.04. The van der Waals surface area contributed by atoms with Crippen LogP contribution in [0.2, 0.25) is 0 Å². The molecule has 2 aliphatic heterocycles. The normalized spacial score (nSPS) is 25.2. The summed E-state index contributed by atoms with van der Waals surface area (Å²) in [6.07, 6.45) is 3.11. The lowest BCUT2D eigenvalue weighted by Gasteiger charge is -2.34. The van der Waals surface area contributed by atoms with Gasteiger partial charge in [0.1, 0.15) is 0 Å². The number of benzene rings is 1. The fourth-order valence-electron chi connectivity index (χ4n) is 4.11. The van der Waals surface area contributed by atoms with Gasteiger partial charge in [0.25, 0.3) is 5.91 Å². The van der Waals surface area contributed by atoms with Gasteiger partial charge in [0.15, 0.2) is 9.84 Å². The summed E-state index contributed by atoms with van der Waals surface area (Å²) < 4.78 is 51.1. The number of piperidine rings is 1. The lowest BCUT2D eigenvalue weighted by Crippen LogP contribution is -2.49. The van der Waals surface area contributed by atoms with E-state index in [4.69, 9.17) is 0 Å². The molecule has 0 N–H and O–H groups in total. The first-order valence-electron chi connectivity index (χ1n) is 9.86. The number of sulfone groups is 1. The van der Waals surface area contributed by atoms with E-state index >= 15 is 0 Å². The van der Waals surface area contributed by atoms with Crippen LogP contribution in [-0.2, 0) is 19.9 Å². The van der Waals surface area contributed by atoms with Crippen LogP contribution in [0.4, 0.5) is 0 Å². The van der Waals surface area contributed by atoms with Crippen molar-refractivity contribution in [2.75, 3.05) is 32.1 Å². The molecule has 10 heteroatoms. The Kier molecular flexibility index (Phi) is 6.38. The van der Waals surface area contributed by atoms with E-state index in [0.29, 0.717) is 18.5 Å². The lowest BCUT2D eigenvalue weighted by atomic mass is 10.1. The molecular weight excluding hydrogens is 414 g/mol. The van der Waals surface area contributed by atoms with Crippen LogP contribution in [0.25, 0.3) is 0 Å². The van der Waals surface area contributed by atoms with E-state index in [1.54, 1.807) is 19.1 Å². The van der Waals surface area contributed by atoms with Crippen LogP contribution >= 0.6 is 0 Å². The summed E-state index contributed by atoms with van der Waals surface area (Å²) >= 11 is 0. The second kappa shape index (κ2) is 8.33. The van der Waals surface area contributed by atoms with Gasteiger partial charge >= 0.3 is 0 Å². The van der Waals surface area contributed by atoms with Crippen molar-refractivity contribution < 1.29 is 21.6 Å². The first kappa shape index (κ1) is 22.2. The molecule has 0 aromatic heterocycles. The minimum atomic E-state index is -3.60. The highest BCUT2D eigenvalue weighted by Crippen LogP contribution is 2.26. The molecule has 2 fully saturated rings. The molecule has 1 amide bonds. The van der Waals surface area contributed by atoms with Crippen molar-refractivity contribution in [1.82, 2.24) is 14.3 Å². The van der Waals surface area contributed by atoms with Gasteiger partial charge in [-0.05, 0) is 50.5 Å². The minimum Gasteiger partial charge on any atom is -0.268 e. The molecule has 2 heterocycles. The molecule has 2 aliphatic rings. The number of hydrogen-bond donors (Lipinski definition) is 0. The second-order valence-electron chi connectivity index (χ2n) is 8.04. The minimum absolute atomic E-state index is 0.0383. The van der Waals surface area contributed by atoms with Crippen molar-refractivity contribution in [3.05, 3.63) is 29.8 Å². The van der Waals surface area contributed by atoms with E-state index in [-0.39, 0.29) is 28.4 Å². The molecule has 2 saturated heterocycles. The quantitative estimate of drug-likeness (QED) is 0.638. The largest absolute Gasteiger partial charge is 0.268 e. The van der Waals surface area contributed by atoms with E-state index < -0.39 is 25.9 Å². The summed E-state index contributed by atoms with van der Waals surface area (Å²) in [6, 6.07) is 5.48. The van der Waals surface area contributed by atoms with Crippen LogP contribution in [0.5, 0.6) is 0 Å². The zero-order valence-corrected chi connectivity index (χ0v) is 18.7. The maximum atomic E-state index is 13.0. The molecule has 2 atom stereocenters. The number of nitrogens with zero attached hydrogens (tertiary/aromatic N) is 3. The number of carbonyl (C=O) groups is 1. The van der Waals surface area contributed by atoms with Crippen LogP contribution in [0, 0.1) is 0 Å². The van der Waals surface area contributed by atoms with Crippen LogP contribution in [0.1, 0.15) is 43.0 Å². The summed E-state index contributed by atoms with van der Waals surface area (Å²) in [6.45, 7) is 2.42. The topological polar surface area (TPSA) is 95.1 Å². The van der Waals surface area contributed by atoms with Gasteiger partial charge in [-0.25, -0.2) is 21.8 Å². The number of amides is 1. The fourth-order valence-corrected chi connectivity index (χ4v) is 7.50. The number of hydrazine groups is 1. The van der Waals surface area contributed by atoms with Crippen molar-refractivity contribution in [3.63, 3.8) is 0 Å². The average Bonchev–Trinajstić information content (AvgIpc) is 3.01. The Morgan fingerprint density at radius 1 is 1.10 bits per heavy atom. The van der Waals surface area contributed by atoms with Gasteiger partial charge in [0.05, 0.1) is 22.4 Å². The van der Waals surface area contributed by atoms with Gasteiger partial charge in [-0.1, -0.05) is 6.42 Å². The van der Waals surface area contributed by atoms with Gasteiger partial charge in [-0.3, -0.25) is 9.80 Å². The Morgan fingerprint density at radius 2 is 1.76 bits per heavy atom. The molecule has 0 saturated carbocycles. The van der Waals surface area contributed by atoms with Gasteiger partial charge in [0, 0.05) is 32.2 Å². The number of carbonyl (C=O) groups excluding carboxylic acids is 1. The van der Waals surface area contributed by atoms with Crippen LogP contribution in [0.15, 0.2) is 29.2 Å². The molecule has 2 unspecified atom stereocenters. The highest BCUT2D eigenvalue weighted by Gasteiger charge is 2.37. The zero-order valence-electron chi connectivity index (χ0n) is 17.1. The predicted octanol–water partition coefficient (Wildman–Crippen LogP) is 1.36. The maximum absolute atomic E-state index is 13.0. The smallest absolute Gasteiger partial charge is 0.268 e. The molecule has 1 aromatic rings. The first-order chi connectivity index (χ1) is 13.5. The Labute approximate surface area is 173 Å². The third-order valence-corrected chi connectivity index (χ3v) is 9.42. The molecule has 1 aromatic carbocycles. The van der Waals surface area contributed by atoms with Crippen LogP contribution in [0.3, 0.4) is 0 Å². The Balaban J connectivity index is 1.82. The summed E-state index contributed by atoms with van der Waals surface area (Å²) in [4.78, 5) is 13.2. The van der Waals surface area contributed by atoms with Crippen molar-refractivity contribution in [3.8, 4) is 0 Å². The molecule has 162 valence electrons. The van der Waals surface area contributed by atoms with E-state index in [2.05, 4.69) is 0 Å². The van der Waals surface area contributed by atoms with Gasteiger partial charge < -0.3 is 0 Å². The van der Waals surface area contributed by atoms with Crippen molar-refractivity contribution in [2.45, 2.75) is 49.6 Å². The zero-order chi connectivity index (χ0) is 21.4. The van der Waals surface area contributed by atoms with E-state index in [1.165, 1.54) is 33.6 Å². The van der Waals surface area contributed by atoms with Crippen molar-refractivity contribution in [2.24, 2.45) is 0 Å². The molecule has 0 radical (unpaired) electrons. The Bertz CT molecular complexity index is 958. The molecule has 0 aliphatic carbocycles. The maximum Gasteiger partial charge on any atom is 0.268 e. The van der Waals surface area contributed by atoms with E-state index in [9.17, 15) is 21.6 Å². The van der Waals surface area contributed by atoms with Gasteiger partial charge in [-0.2, -0.15) is 4.31 Å². The average molecular weight is 444 g/mol. The SMILES string of the molecule is CC1CCCCN1S(=O)(=O)c1ccc(C(=O)N(C2CCS(=O)(=O)C2)N(C)C)cc1. The number of rotatable bonds is 5. The highest BCUT2D eigenvalue weighted by atomic mass is 32.2. The second-order valence-corrected chi connectivity index (χ2v) is 12.2. The molecular formula is C19H29N3O5S2. The van der Waals surface area contributed by atoms with Crippen molar-refractivity contribution in [1.29, 1.82) is 0 Å². The number of sulfonamides is 1. The lowest BCUT2D eigenvalue weighted by molar-refractivity contribution is 0.00100. The third-order valence-electron chi connectivity index (χ3n) is 5.64. The van der Waals surface area contributed by atoms with Crippen LogP contribution < -0.4 is 0 Å². The van der Waals surface area contributed by atoms with Gasteiger partial charge in [0.2, 0.25) is 10.0 Å². The standard InChI is InChI=1S/C19H29N3O5S2/c1-15-6-4-5-12-21(15)29(26,27)18-9-7-16(8-10-18)19(23)22(20(2)3)17-11-13-28(24,25)14-17/h7-10,15,17H,4-6,11-14H2,1-3H3. The van der Waals surface area contributed by atoms with Gasteiger partial charge in [-0.15, -0.1) is 0 Å². The van der Waals surface area contributed by atoms with Crippen molar-refractivity contribution >= 4 is 25.8 Å². The molecule has 3 rings (SSSR count). The monoisotopic (exact) mass is 443 g/mol. The molecule has 0 bridgehead atoms. The molecule has 0 spiro atoms. The third kappa shape index (κ3) is 4.65. The Hall–Kier alpha value is -1.49. The van der Waals surface area contributed by atoms with E-state index in [0.717, 1.165) is 19.3 Å². The summed E-state index contributed by atoms with van der Waals surface area (Å²) in [7, 11) is -3.35. The summed E-state index contributed by atoms with van der Waals surface area (Å²) in [5.74, 6) is -0.330. The summed E-state index contributed by atoms with van der Waals surface area (Å²) in [5.41, 5.74) is 0.327. The fraction of sp³-hybridized carbons (Fsp3) is 0.632. The predicted molar refractivity (Wildman–Crippen MR) is 111 cm³/mol. The molecule has 8 nitrogen and oxygen atoms in total. The Morgan fingerprint density at radius 3 is 2.28 bits per heavy atom. The van der Waals surface area contributed by atoms with E-state index in [1.807, 2.05) is 6.92 Å². The number of hydrogen-bond acceptors (Lipinski definition) is 6.